The highest BCUT2D eigenvalue weighted by atomic mass is 16.5. The Labute approximate surface area is 81.0 Å². The number of hydrogen-bond donors (Lipinski definition) is 2. The van der Waals surface area contributed by atoms with E-state index in [2.05, 4.69) is 26.2 Å². The van der Waals surface area contributed by atoms with Crippen LogP contribution in [0.3, 0.4) is 0 Å². The fourth-order valence-corrected chi connectivity index (χ4v) is 2.12. The molecule has 0 saturated carbocycles. The van der Waals surface area contributed by atoms with Gasteiger partial charge in [-0.3, -0.25) is 11.3 Å². The van der Waals surface area contributed by atoms with Gasteiger partial charge < -0.3 is 4.74 Å². The van der Waals surface area contributed by atoms with Gasteiger partial charge in [-0.2, -0.15) is 0 Å². The first-order valence-corrected chi connectivity index (χ1v) is 5.26. The lowest BCUT2D eigenvalue weighted by Gasteiger charge is -2.27. The first kappa shape index (κ1) is 11.0. The van der Waals surface area contributed by atoms with Crippen LogP contribution in [0.25, 0.3) is 0 Å². The van der Waals surface area contributed by atoms with Crippen molar-refractivity contribution in [1.82, 2.24) is 5.43 Å². The van der Waals surface area contributed by atoms with Gasteiger partial charge >= 0.3 is 0 Å². The molecule has 1 aliphatic rings. The van der Waals surface area contributed by atoms with Gasteiger partial charge in [-0.1, -0.05) is 20.3 Å². The topological polar surface area (TPSA) is 47.3 Å². The average Bonchev–Trinajstić information content (AvgIpc) is 2.53. The average molecular weight is 186 g/mol. The predicted molar refractivity (Wildman–Crippen MR) is 54.1 cm³/mol. The molecule has 0 amide bonds. The lowest BCUT2D eigenvalue weighted by molar-refractivity contribution is 0.113. The summed E-state index contributed by atoms with van der Waals surface area (Å²) in [5.74, 6) is 6.79. The maximum absolute atomic E-state index is 5.57. The number of nitrogens with two attached hydrogens (primary N) is 1. The maximum Gasteiger partial charge on any atom is 0.0551 e. The van der Waals surface area contributed by atoms with Crippen molar-refractivity contribution in [3.8, 4) is 0 Å². The highest BCUT2D eigenvalue weighted by molar-refractivity contribution is 4.83. The lowest BCUT2D eigenvalue weighted by atomic mass is 9.87. The molecule has 0 aromatic rings. The van der Waals surface area contributed by atoms with E-state index in [1.165, 1.54) is 6.42 Å². The molecule has 3 nitrogen and oxygen atoms in total. The van der Waals surface area contributed by atoms with Crippen LogP contribution in [0.5, 0.6) is 0 Å². The molecule has 0 aliphatic carbocycles. The van der Waals surface area contributed by atoms with Crippen molar-refractivity contribution in [2.24, 2.45) is 17.7 Å². The first-order valence-electron chi connectivity index (χ1n) is 5.26. The van der Waals surface area contributed by atoms with E-state index in [1.807, 2.05) is 0 Å². The lowest BCUT2D eigenvalue weighted by Crippen LogP contribution is -2.45. The molecule has 1 saturated heterocycles. The summed E-state index contributed by atoms with van der Waals surface area (Å²) in [6.07, 6.45) is 2.71. The van der Waals surface area contributed by atoms with Gasteiger partial charge in [-0.15, -0.1) is 0 Å². The zero-order valence-electron chi connectivity index (χ0n) is 8.92. The van der Waals surface area contributed by atoms with Crippen molar-refractivity contribution in [3.63, 3.8) is 0 Å². The summed E-state index contributed by atoms with van der Waals surface area (Å²) in [5.41, 5.74) is 2.94. The van der Waals surface area contributed by atoms with Gasteiger partial charge in [0.2, 0.25) is 0 Å². The molecule has 4 atom stereocenters. The Hall–Kier alpha value is -0.120. The molecule has 3 N–H and O–H groups in total. The standard InChI is InChI=1S/C10H22N2O/c1-4-7(2)10(12-11)9-5-8(3)13-6-9/h7-10,12H,4-6,11H2,1-3H3. The molecule has 0 radical (unpaired) electrons. The molecule has 0 aromatic carbocycles. The fraction of sp³-hybridized carbons (Fsp3) is 1.00. The van der Waals surface area contributed by atoms with Crippen molar-refractivity contribution in [2.45, 2.75) is 45.8 Å². The normalized spacial score (nSPS) is 33.2. The summed E-state index contributed by atoms with van der Waals surface area (Å²) in [7, 11) is 0. The summed E-state index contributed by atoms with van der Waals surface area (Å²) < 4.78 is 5.55. The van der Waals surface area contributed by atoms with Crippen molar-refractivity contribution in [3.05, 3.63) is 0 Å². The highest BCUT2D eigenvalue weighted by Crippen LogP contribution is 2.26. The van der Waals surface area contributed by atoms with E-state index >= 15 is 0 Å². The summed E-state index contributed by atoms with van der Waals surface area (Å²) in [6.45, 7) is 7.44. The van der Waals surface area contributed by atoms with Gasteiger partial charge in [-0.05, 0) is 19.3 Å². The van der Waals surface area contributed by atoms with E-state index in [-0.39, 0.29) is 0 Å². The maximum atomic E-state index is 5.57. The van der Waals surface area contributed by atoms with Crippen molar-refractivity contribution in [1.29, 1.82) is 0 Å². The Morgan fingerprint density at radius 2 is 2.31 bits per heavy atom. The van der Waals surface area contributed by atoms with E-state index in [0.29, 0.717) is 24.0 Å². The molecule has 0 spiro atoms. The highest BCUT2D eigenvalue weighted by Gasteiger charge is 2.31. The second-order valence-electron chi connectivity index (χ2n) is 4.22. The van der Waals surface area contributed by atoms with E-state index in [4.69, 9.17) is 10.6 Å². The first-order chi connectivity index (χ1) is 6.19. The summed E-state index contributed by atoms with van der Waals surface area (Å²) in [4.78, 5) is 0. The van der Waals surface area contributed by atoms with Crippen LogP contribution in [0.2, 0.25) is 0 Å². The van der Waals surface area contributed by atoms with Crippen molar-refractivity contribution in [2.75, 3.05) is 6.61 Å². The SMILES string of the molecule is CCC(C)C(NN)C1COC(C)C1. The molecule has 1 rings (SSSR count). The van der Waals surface area contributed by atoms with E-state index in [1.54, 1.807) is 0 Å². The molecule has 0 aromatic heterocycles. The van der Waals surface area contributed by atoms with Gasteiger partial charge in [-0.25, -0.2) is 0 Å². The Morgan fingerprint density at radius 1 is 1.62 bits per heavy atom. The zero-order chi connectivity index (χ0) is 9.84. The molecule has 13 heavy (non-hydrogen) atoms. The smallest absolute Gasteiger partial charge is 0.0551 e. The molecule has 1 fully saturated rings. The second kappa shape index (κ2) is 4.94. The number of hydrazine groups is 1. The molecule has 3 heteroatoms. The van der Waals surface area contributed by atoms with E-state index < -0.39 is 0 Å². The Kier molecular flexibility index (Phi) is 4.16. The Balaban J connectivity index is 2.46. The third-order valence-electron chi connectivity index (χ3n) is 3.19. The minimum atomic E-state index is 0.407. The third kappa shape index (κ3) is 2.66. The molecule has 4 unspecified atom stereocenters. The summed E-state index contributed by atoms with van der Waals surface area (Å²) in [6, 6.07) is 0.412. The minimum Gasteiger partial charge on any atom is -0.378 e. The van der Waals surface area contributed by atoms with Gasteiger partial charge in [0.1, 0.15) is 0 Å². The molecular weight excluding hydrogens is 164 g/mol. The molecule has 1 aliphatic heterocycles. The van der Waals surface area contributed by atoms with Gasteiger partial charge in [0.05, 0.1) is 12.7 Å². The summed E-state index contributed by atoms with van der Waals surface area (Å²) >= 11 is 0. The van der Waals surface area contributed by atoms with E-state index in [0.717, 1.165) is 13.0 Å². The van der Waals surface area contributed by atoms with Crippen LogP contribution in [0.15, 0.2) is 0 Å². The van der Waals surface area contributed by atoms with E-state index in [9.17, 15) is 0 Å². The van der Waals surface area contributed by atoms with Gasteiger partial charge in [0.15, 0.2) is 0 Å². The van der Waals surface area contributed by atoms with Crippen molar-refractivity contribution < 1.29 is 4.74 Å². The van der Waals surface area contributed by atoms with Crippen LogP contribution in [-0.4, -0.2) is 18.8 Å². The largest absolute Gasteiger partial charge is 0.378 e. The number of ether oxygens (including phenoxy) is 1. The molecule has 0 bridgehead atoms. The zero-order valence-corrected chi connectivity index (χ0v) is 8.92. The number of nitrogens with one attached hydrogen (secondary N) is 1. The van der Waals surface area contributed by atoms with Gasteiger partial charge in [0, 0.05) is 12.0 Å². The van der Waals surface area contributed by atoms with Crippen LogP contribution < -0.4 is 11.3 Å². The van der Waals surface area contributed by atoms with Gasteiger partial charge in [0.25, 0.3) is 0 Å². The second-order valence-corrected chi connectivity index (χ2v) is 4.22. The van der Waals surface area contributed by atoms with Crippen LogP contribution in [0.1, 0.15) is 33.6 Å². The third-order valence-corrected chi connectivity index (χ3v) is 3.19. The molecule has 1 heterocycles. The van der Waals surface area contributed by atoms with Crippen LogP contribution >= 0.6 is 0 Å². The number of rotatable bonds is 4. The van der Waals surface area contributed by atoms with Crippen LogP contribution in [0.4, 0.5) is 0 Å². The van der Waals surface area contributed by atoms with Crippen LogP contribution in [-0.2, 0) is 4.74 Å². The molecular formula is C10H22N2O. The Bertz CT molecular complexity index is 152. The number of hydrogen-bond acceptors (Lipinski definition) is 3. The Morgan fingerprint density at radius 3 is 2.69 bits per heavy atom. The quantitative estimate of drug-likeness (QED) is 0.514. The fourth-order valence-electron chi connectivity index (χ4n) is 2.12. The molecule has 78 valence electrons. The predicted octanol–water partition coefficient (Wildman–Crippen LogP) is 1.29. The minimum absolute atomic E-state index is 0.407. The summed E-state index contributed by atoms with van der Waals surface area (Å²) in [5, 5.41) is 0. The van der Waals surface area contributed by atoms with Crippen LogP contribution in [0, 0.1) is 11.8 Å². The van der Waals surface area contributed by atoms with Crippen molar-refractivity contribution >= 4 is 0 Å². The monoisotopic (exact) mass is 186 g/mol.